The molecule has 0 aromatic carbocycles. The Labute approximate surface area is 65.8 Å². The Morgan fingerprint density at radius 3 is 2.62 bits per heavy atom. The summed E-state index contributed by atoms with van der Waals surface area (Å²) in [6.07, 6.45) is 1.24. The van der Waals surface area contributed by atoms with Gasteiger partial charge in [0, 0.05) is 0 Å². The summed E-state index contributed by atoms with van der Waals surface area (Å²) in [5.74, 6) is 1.31. The third kappa shape index (κ3) is 3.21. The van der Waals surface area contributed by atoms with Gasteiger partial charge in [-0.25, -0.2) is 0 Å². The quantitative estimate of drug-likeness (QED) is 0.612. The molecule has 0 aliphatic carbocycles. The Bertz CT molecular complexity index is 58.0. The number of halogens is 1. The van der Waals surface area contributed by atoms with Gasteiger partial charge in [0.2, 0.25) is 0 Å². The van der Waals surface area contributed by atoms with Crippen LogP contribution in [0.2, 0.25) is 5.32 Å². The molecule has 1 saturated heterocycles. The molecule has 0 aromatic heterocycles. The van der Waals surface area contributed by atoms with Crippen molar-refractivity contribution < 1.29 is 0 Å². The minimum atomic E-state index is 0. The minimum absolute atomic E-state index is 0. The molecule has 1 aliphatic heterocycles. The van der Waals surface area contributed by atoms with E-state index in [1.807, 2.05) is 0 Å². The van der Waals surface area contributed by atoms with E-state index in [0.717, 1.165) is 13.8 Å². The number of nitrogens with two attached hydrogens (primary N) is 1. The van der Waals surface area contributed by atoms with Crippen LogP contribution in [0.15, 0.2) is 0 Å². The van der Waals surface area contributed by atoms with Gasteiger partial charge in [0.1, 0.15) is 0 Å². The summed E-state index contributed by atoms with van der Waals surface area (Å²) in [5, 5.41) is 1.29. The first-order valence-corrected chi connectivity index (χ1v) is 6.61. The molecule has 8 heavy (non-hydrogen) atoms. The van der Waals surface area contributed by atoms with E-state index >= 15 is 0 Å². The van der Waals surface area contributed by atoms with E-state index in [1.165, 1.54) is 17.5 Å². The van der Waals surface area contributed by atoms with Crippen molar-refractivity contribution in [2.45, 2.75) is 17.8 Å². The van der Waals surface area contributed by atoms with Gasteiger partial charge in [0.15, 0.2) is 0 Å². The summed E-state index contributed by atoms with van der Waals surface area (Å²) in [5.41, 5.74) is 5.64. The van der Waals surface area contributed by atoms with Crippen molar-refractivity contribution in [2.75, 3.05) is 5.75 Å². The van der Waals surface area contributed by atoms with Crippen molar-refractivity contribution in [3.63, 3.8) is 0 Å². The van der Waals surface area contributed by atoms with E-state index in [-0.39, 0.29) is 12.4 Å². The van der Waals surface area contributed by atoms with E-state index in [0.29, 0.717) is 6.04 Å². The maximum absolute atomic E-state index is 5.64. The molecule has 2 N–H and O–H groups in total. The molecule has 1 unspecified atom stereocenters. The molecule has 1 fully saturated rings. The van der Waals surface area contributed by atoms with Crippen molar-refractivity contribution in [1.82, 2.24) is 0 Å². The number of hydrogen-bond donors (Lipinski definition) is 1. The van der Waals surface area contributed by atoms with Gasteiger partial charge < -0.3 is 0 Å². The molecule has 0 aromatic rings. The van der Waals surface area contributed by atoms with Crippen molar-refractivity contribution in [1.29, 1.82) is 0 Å². The van der Waals surface area contributed by atoms with Crippen molar-refractivity contribution >= 4 is 36.4 Å². The average molecular weight is 219 g/mol. The van der Waals surface area contributed by atoms with Crippen LogP contribution in [0.1, 0.15) is 6.42 Å². The summed E-state index contributed by atoms with van der Waals surface area (Å²) >= 11 is 0.817. The van der Waals surface area contributed by atoms with Gasteiger partial charge in [-0.05, 0) is 0 Å². The zero-order valence-electron chi connectivity index (χ0n) is 4.50. The fourth-order valence-electron chi connectivity index (χ4n) is 0.477. The average Bonchev–Trinajstić information content (AvgIpc) is 1.69. The summed E-state index contributed by atoms with van der Waals surface area (Å²) in [4.78, 5) is 0. The van der Waals surface area contributed by atoms with Gasteiger partial charge in [-0.15, -0.1) is 12.4 Å². The van der Waals surface area contributed by atoms with Crippen LogP contribution in [0.4, 0.5) is 0 Å². The van der Waals surface area contributed by atoms with E-state index in [2.05, 4.69) is 10.2 Å². The van der Waals surface area contributed by atoms with Crippen molar-refractivity contribution in [3.05, 3.63) is 0 Å². The van der Waals surface area contributed by atoms with Crippen molar-refractivity contribution in [2.24, 2.45) is 5.73 Å². The van der Waals surface area contributed by atoms with Gasteiger partial charge >= 0.3 is 53.3 Å². The van der Waals surface area contributed by atoms with Crippen LogP contribution < -0.4 is 5.73 Å². The van der Waals surface area contributed by atoms with Crippen LogP contribution in [0.5, 0.6) is 0 Å². The van der Waals surface area contributed by atoms with Gasteiger partial charge in [-0.1, -0.05) is 0 Å². The second-order valence-electron chi connectivity index (χ2n) is 1.66. The molecule has 0 saturated carbocycles. The zero-order valence-corrected chi connectivity index (χ0v) is 7.85. The first-order chi connectivity index (χ1) is 3.39. The SMILES string of the molecule is Cl.NC1CCS[Se]C1. The first kappa shape index (κ1) is 9.12. The molecule has 1 nitrogen and oxygen atoms in total. The molecule has 1 aliphatic rings. The predicted molar refractivity (Wildman–Crippen MR) is 42.9 cm³/mol. The van der Waals surface area contributed by atoms with Crippen LogP contribution >= 0.6 is 22.6 Å². The normalized spacial score (nSPS) is 28.9. The standard InChI is InChI=1S/C4H9NSSe.ClH/c5-4-1-2-6-7-3-4;/h4H,1-3,5H2;1H. The Morgan fingerprint density at radius 2 is 2.38 bits per heavy atom. The van der Waals surface area contributed by atoms with Gasteiger partial charge in [-0.2, -0.15) is 0 Å². The Kier molecular flexibility index (Phi) is 5.64. The molecule has 50 valence electrons. The second kappa shape index (κ2) is 4.95. The van der Waals surface area contributed by atoms with Gasteiger partial charge in [0.05, 0.1) is 0 Å². The maximum atomic E-state index is 5.64. The Hall–Kier alpha value is 1.12. The van der Waals surface area contributed by atoms with E-state index in [1.54, 1.807) is 0 Å². The van der Waals surface area contributed by atoms with Crippen molar-refractivity contribution in [3.8, 4) is 0 Å². The number of rotatable bonds is 0. The summed E-state index contributed by atoms with van der Waals surface area (Å²) in [6.45, 7) is 0. The topological polar surface area (TPSA) is 26.0 Å². The van der Waals surface area contributed by atoms with Crippen LogP contribution in [0.3, 0.4) is 0 Å². The fourth-order valence-corrected chi connectivity index (χ4v) is 4.67. The monoisotopic (exact) mass is 219 g/mol. The molecular formula is C4H10ClNSSe. The molecule has 4 heteroatoms. The first-order valence-electron chi connectivity index (χ1n) is 2.39. The molecule has 0 radical (unpaired) electrons. The molecule has 0 amide bonds. The molecular weight excluding hydrogens is 209 g/mol. The molecule has 1 heterocycles. The van der Waals surface area contributed by atoms with Crippen LogP contribution in [-0.4, -0.2) is 25.6 Å². The van der Waals surface area contributed by atoms with Crippen LogP contribution in [-0.2, 0) is 0 Å². The second-order valence-corrected chi connectivity index (χ2v) is 6.20. The van der Waals surface area contributed by atoms with E-state index < -0.39 is 0 Å². The Balaban J connectivity index is 0.000000490. The third-order valence-electron chi connectivity index (χ3n) is 0.937. The molecule has 1 rings (SSSR count). The molecule has 1 atom stereocenters. The fraction of sp³-hybridized carbons (Fsp3) is 1.00. The van der Waals surface area contributed by atoms with Gasteiger partial charge in [-0.3, -0.25) is 0 Å². The molecule has 0 spiro atoms. The number of hydrogen-bond acceptors (Lipinski definition) is 2. The summed E-state index contributed by atoms with van der Waals surface area (Å²) in [6, 6.07) is 0.543. The van der Waals surface area contributed by atoms with E-state index in [4.69, 9.17) is 5.73 Å². The summed E-state index contributed by atoms with van der Waals surface area (Å²) < 4.78 is 0. The summed E-state index contributed by atoms with van der Waals surface area (Å²) in [7, 11) is 2.08. The molecule has 0 bridgehead atoms. The predicted octanol–water partition coefficient (Wildman–Crippen LogP) is 0.910. The van der Waals surface area contributed by atoms with E-state index in [9.17, 15) is 0 Å². The van der Waals surface area contributed by atoms with Gasteiger partial charge in [0.25, 0.3) is 0 Å². The third-order valence-corrected chi connectivity index (χ3v) is 5.50. The van der Waals surface area contributed by atoms with Crippen LogP contribution in [0, 0.1) is 0 Å². The Morgan fingerprint density at radius 1 is 1.62 bits per heavy atom. The van der Waals surface area contributed by atoms with Crippen LogP contribution in [0.25, 0.3) is 0 Å². The zero-order chi connectivity index (χ0) is 5.11.